The minimum atomic E-state index is -0.828. The first-order valence-corrected chi connectivity index (χ1v) is 8.68. The first kappa shape index (κ1) is 16.6. The van der Waals surface area contributed by atoms with Crippen LogP contribution >= 0.6 is 12.2 Å². The predicted molar refractivity (Wildman–Crippen MR) is 101 cm³/mol. The smallest absolute Gasteiger partial charge is 0.272 e. The molecule has 2 fully saturated rings. The van der Waals surface area contributed by atoms with E-state index in [4.69, 9.17) is 18.8 Å². The van der Waals surface area contributed by atoms with Gasteiger partial charge in [-0.2, -0.15) is 0 Å². The second-order valence-electron chi connectivity index (χ2n) is 6.54. The molecule has 0 bridgehead atoms. The standard InChI is InChI=1S/C19H15FN4OS/c1-12-10-13(11-22-16(12)21-2)23-17(25)19(8-5-9-19)24(18(23)26)15-7-4-3-6-14(15)20/h3-4,6-7,10-11H,5,8-9H2,1H3. The van der Waals surface area contributed by atoms with Crippen molar-refractivity contribution in [1.82, 2.24) is 4.98 Å². The van der Waals surface area contributed by atoms with Gasteiger partial charge in [0.05, 0.1) is 11.4 Å². The minimum Gasteiger partial charge on any atom is -0.360 e. The lowest BCUT2D eigenvalue weighted by Crippen LogP contribution is -2.55. The maximum Gasteiger partial charge on any atom is 0.272 e. The molecule has 2 aliphatic rings. The van der Waals surface area contributed by atoms with Crippen molar-refractivity contribution in [2.45, 2.75) is 31.7 Å². The molecule has 1 amide bonds. The molecule has 130 valence electrons. The summed E-state index contributed by atoms with van der Waals surface area (Å²) in [5.41, 5.74) is 0.664. The van der Waals surface area contributed by atoms with Gasteiger partial charge in [0.1, 0.15) is 17.6 Å². The number of nitrogens with zero attached hydrogens (tertiary/aromatic N) is 4. The summed E-state index contributed by atoms with van der Waals surface area (Å²) in [6.07, 6.45) is 3.62. The Morgan fingerprint density at radius 3 is 2.65 bits per heavy atom. The van der Waals surface area contributed by atoms with Gasteiger partial charge in [0.2, 0.25) is 0 Å². The van der Waals surface area contributed by atoms with Gasteiger partial charge in [0.15, 0.2) is 5.11 Å². The molecule has 0 N–H and O–H groups in total. The monoisotopic (exact) mass is 366 g/mol. The number of halogens is 1. The quantitative estimate of drug-likeness (QED) is 0.592. The maximum atomic E-state index is 14.5. The lowest BCUT2D eigenvalue weighted by Gasteiger charge is -2.43. The number of anilines is 2. The van der Waals surface area contributed by atoms with Crippen LogP contribution in [0.4, 0.5) is 21.6 Å². The van der Waals surface area contributed by atoms with Crippen molar-refractivity contribution < 1.29 is 9.18 Å². The molecular formula is C19H15FN4OS. The summed E-state index contributed by atoms with van der Waals surface area (Å²) in [6, 6.07) is 8.08. The SMILES string of the molecule is [C-]#[N+]c1ncc(N2C(=O)C3(CCC3)N(c3ccccc3F)C2=S)cc1C. The van der Waals surface area contributed by atoms with E-state index in [2.05, 4.69) is 9.83 Å². The zero-order valence-electron chi connectivity index (χ0n) is 14.1. The van der Waals surface area contributed by atoms with Gasteiger partial charge in [-0.1, -0.05) is 18.7 Å². The van der Waals surface area contributed by atoms with Crippen LogP contribution in [-0.2, 0) is 4.79 Å². The van der Waals surface area contributed by atoms with Crippen LogP contribution in [0.3, 0.4) is 0 Å². The van der Waals surface area contributed by atoms with E-state index in [1.165, 1.54) is 17.2 Å². The minimum absolute atomic E-state index is 0.159. The van der Waals surface area contributed by atoms with Gasteiger partial charge in [-0.15, -0.1) is 4.98 Å². The molecule has 1 saturated heterocycles. The molecule has 1 aromatic heterocycles. The van der Waals surface area contributed by atoms with Crippen LogP contribution in [0.25, 0.3) is 4.85 Å². The van der Waals surface area contributed by atoms with E-state index in [1.807, 2.05) is 0 Å². The summed E-state index contributed by atoms with van der Waals surface area (Å²) < 4.78 is 14.5. The van der Waals surface area contributed by atoms with Crippen LogP contribution < -0.4 is 9.80 Å². The molecular weight excluding hydrogens is 351 g/mol. The van der Waals surface area contributed by atoms with Gasteiger partial charge in [0.25, 0.3) is 11.7 Å². The largest absolute Gasteiger partial charge is 0.360 e. The highest BCUT2D eigenvalue weighted by Crippen LogP contribution is 2.48. The lowest BCUT2D eigenvalue weighted by molar-refractivity contribution is -0.123. The topological polar surface area (TPSA) is 40.8 Å². The van der Waals surface area contributed by atoms with Crippen LogP contribution in [0, 0.1) is 19.3 Å². The first-order valence-electron chi connectivity index (χ1n) is 8.27. The van der Waals surface area contributed by atoms with Crippen molar-refractivity contribution in [2.75, 3.05) is 9.80 Å². The number of carbonyl (C=O) groups is 1. The van der Waals surface area contributed by atoms with E-state index in [9.17, 15) is 9.18 Å². The van der Waals surface area contributed by atoms with E-state index in [0.29, 0.717) is 29.8 Å². The first-order chi connectivity index (χ1) is 12.5. The number of hydrogen-bond acceptors (Lipinski definition) is 3. The molecule has 26 heavy (non-hydrogen) atoms. The molecule has 1 spiro atoms. The van der Waals surface area contributed by atoms with E-state index < -0.39 is 11.4 Å². The third kappa shape index (κ3) is 2.15. The lowest BCUT2D eigenvalue weighted by atomic mass is 9.75. The Hall–Kier alpha value is -2.85. The predicted octanol–water partition coefficient (Wildman–Crippen LogP) is 4.14. The van der Waals surface area contributed by atoms with Gasteiger partial charge in [-0.3, -0.25) is 9.69 Å². The fourth-order valence-electron chi connectivity index (χ4n) is 3.61. The van der Waals surface area contributed by atoms with E-state index >= 15 is 0 Å². The number of para-hydroxylation sites is 1. The highest BCUT2D eigenvalue weighted by Gasteiger charge is 2.60. The summed E-state index contributed by atoms with van der Waals surface area (Å²) >= 11 is 5.59. The summed E-state index contributed by atoms with van der Waals surface area (Å²) in [4.78, 5) is 23.8. The Morgan fingerprint density at radius 1 is 1.35 bits per heavy atom. The van der Waals surface area contributed by atoms with Crippen LogP contribution in [0.1, 0.15) is 24.8 Å². The number of aryl methyl sites for hydroxylation is 1. The normalized spacial score (nSPS) is 18.2. The Morgan fingerprint density at radius 2 is 2.08 bits per heavy atom. The average molecular weight is 366 g/mol. The number of thiocarbonyl (C=S) groups is 1. The number of amides is 1. The zero-order chi connectivity index (χ0) is 18.5. The number of hydrogen-bond donors (Lipinski definition) is 0. The van der Waals surface area contributed by atoms with Crippen molar-refractivity contribution in [1.29, 1.82) is 0 Å². The van der Waals surface area contributed by atoms with E-state index in [0.717, 1.165) is 6.42 Å². The number of rotatable bonds is 2. The van der Waals surface area contributed by atoms with E-state index in [-0.39, 0.29) is 16.8 Å². The van der Waals surface area contributed by atoms with Crippen molar-refractivity contribution in [3.8, 4) is 0 Å². The van der Waals surface area contributed by atoms with Crippen molar-refractivity contribution in [2.24, 2.45) is 0 Å². The number of carbonyl (C=O) groups excluding carboxylic acids is 1. The molecule has 7 heteroatoms. The molecule has 0 radical (unpaired) electrons. The zero-order valence-corrected chi connectivity index (χ0v) is 14.9. The van der Waals surface area contributed by atoms with Crippen LogP contribution in [0.2, 0.25) is 0 Å². The molecule has 0 atom stereocenters. The molecule has 4 rings (SSSR count). The van der Waals surface area contributed by atoms with Gasteiger partial charge >= 0.3 is 0 Å². The molecule has 2 aromatic rings. The number of benzene rings is 1. The van der Waals surface area contributed by atoms with Crippen LogP contribution in [-0.4, -0.2) is 21.5 Å². The Balaban J connectivity index is 1.83. The van der Waals surface area contributed by atoms with Crippen molar-refractivity contribution in [3.63, 3.8) is 0 Å². The molecule has 1 aliphatic carbocycles. The van der Waals surface area contributed by atoms with Crippen LogP contribution in [0.5, 0.6) is 0 Å². The van der Waals surface area contributed by atoms with E-state index in [1.54, 1.807) is 36.1 Å². The average Bonchev–Trinajstić information content (AvgIpc) is 2.82. The van der Waals surface area contributed by atoms with Gasteiger partial charge in [-0.05, 0) is 62.2 Å². The summed E-state index contributed by atoms with van der Waals surface area (Å²) in [6.45, 7) is 8.89. The Labute approximate surface area is 155 Å². The maximum absolute atomic E-state index is 14.5. The van der Waals surface area contributed by atoms with Crippen molar-refractivity contribution in [3.05, 3.63) is 59.3 Å². The van der Waals surface area contributed by atoms with Crippen LogP contribution in [0.15, 0.2) is 36.5 Å². The molecule has 5 nitrogen and oxygen atoms in total. The molecule has 1 aromatic carbocycles. The second-order valence-corrected chi connectivity index (χ2v) is 6.91. The summed E-state index contributed by atoms with van der Waals surface area (Å²) in [5, 5.41) is 0.247. The highest BCUT2D eigenvalue weighted by atomic mass is 32.1. The third-order valence-electron chi connectivity index (χ3n) is 5.09. The fraction of sp³-hybridized carbons (Fsp3) is 0.263. The second kappa shape index (κ2) is 5.85. The molecule has 1 aliphatic heterocycles. The van der Waals surface area contributed by atoms with Crippen molar-refractivity contribution >= 4 is 40.4 Å². The van der Waals surface area contributed by atoms with Gasteiger partial charge in [0, 0.05) is 0 Å². The Bertz CT molecular complexity index is 980. The summed E-state index contributed by atoms with van der Waals surface area (Å²) in [5.74, 6) is -0.280. The Kier molecular flexibility index (Phi) is 3.74. The molecule has 1 saturated carbocycles. The van der Waals surface area contributed by atoms with Gasteiger partial charge in [-0.25, -0.2) is 4.39 Å². The molecule has 2 heterocycles. The third-order valence-corrected chi connectivity index (χ3v) is 5.45. The fourth-order valence-corrected chi connectivity index (χ4v) is 4.07. The number of pyridine rings is 1. The molecule has 0 unspecified atom stereocenters. The number of aromatic nitrogens is 1. The van der Waals surface area contributed by atoms with Gasteiger partial charge < -0.3 is 9.74 Å². The highest BCUT2D eigenvalue weighted by molar-refractivity contribution is 7.81. The summed E-state index contributed by atoms with van der Waals surface area (Å²) in [7, 11) is 0.